The summed E-state index contributed by atoms with van der Waals surface area (Å²) in [5.41, 5.74) is 3.54. The van der Waals surface area contributed by atoms with Crippen molar-refractivity contribution in [3.63, 3.8) is 0 Å². The molecule has 0 aliphatic carbocycles. The average Bonchev–Trinajstić information content (AvgIpc) is 3.32. The van der Waals surface area contributed by atoms with Crippen LogP contribution in [0.1, 0.15) is 40.9 Å². The first-order valence-electron chi connectivity index (χ1n) is 12.6. The summed E-state index contributed by atoms with van der Waals surface area (Å²) < 4.78 is 11.4. The van der Waals surface area contributed by atoms with Gasteiger partial charge in [-0.1, -0.05) is 72.8 Å². The monoisotopic (exact) mass is 504 g/mol. The van der Waals surface area contributed by atoms with Gasteiger partial charge >= 0.3 is 0 Å². The summed E-state index contributed by atoms with van der Waals surface area (Å²) in [6.07, 6.45) is 0.202. The van der Waals surface area contributed by atoms with Crippen LogP contribution in [0.5, 0.6) is 5.75 Å². The molecule has 0 bridgehead atoms. The van der Waals surface area contributed by atoms with Gasteiger partial charge < -0.3 is 19.8 Å². The van der Waals surface area contributed by atoms with Gasteiger partial charge in [0.25, 0.3) is 5.91 Å². The molecule has 0 spiro atoms. The molecule has 0 saturated carbocycles. The molecular formula is C32H28N2O4. The van der Waals surface area contributed by atoms with Gasteiger partial charge in [-0.25, -0.2) is 0 Å². The molecule has 38 heavy (non-hydrogen) atoms. The molecule has 0 aliphatic heterocycles. The topological polar surface area (TPSA) is 80.6 Å². The maximum atomic E-state index is 13.4. The number of furan rings is 1. The van der Waals surface area contributed by atoms with Crippen LogP contribution in [0.25, 0.3) is 11.0 Å². The van der Waals surface area contributed by atoms with Crippen molar-refractivity contribution in [3.8, 4) is 5.75 Å². The number of hydrogen-bond donors (Lipinski definition) is 2. The third-order valence-electron chi connectivity index (χ3n) is 6.28. The fourth-order valence-corrected chi connectivity index (χ4v) is 4.49. The Morgan fingerprint density at radius 3 is 2.00 bits per heavy atom. The second kappa shape index (κ2) is 11.5. The second-order valence-electron chi connectivity index (χ2n) is 8.84. The molecule has 5 aromatic rings. The standard InChI is InChI=1S/C32H28N2O4/c1-2-37-25-19-17-24(18-20-25)33-32(36)31-30(26-15-9-10-16-28(26)38-31)34-29(35)21-27(22-11-5-3-6-12-22)23-13-7-4-8-14-23/h3-20,27H,2,21H2,1H3,(H,33,36)(H,34,35). The Labute approximate surface area is 221 Å². The third-order valence-corrected chi connectivity index (χ3v) is 6.28. The highest BCUT2D eigenvalue weighted by atomic mass is 16.5. The summed E-state index contributed by atoms with van der Waals surface area (Å²) in [6, 6.07) is 34.2. The number of carbonyl (C=O) groups excluding carboxylic acids is 2. The lowest BCUT2D eigenvalue weighted by atomic mass is 9.88. The maximum Gasteiger partial charge on any atom is 0.293 e. The van der Waals surface area contributed by atoms with Crippen LogP contribution in [-0.2, 0) is 4.79 Å². The lowest BCUT2D eigenvalue weighted by molar-refractivity contribution is -0.116. The highest BCUT2D eigenvalue weighted by molar-refractivity contribution is 6.14. The van der Waals surface area contributed by atoms with Crippen molar-refractivity contribution >= 4 is 34.2 Å². The summed E-state index contributed by atoms with van der Waals surface area (Å²) in [7, 11) is 0. The minimum atomic E-state index is -0.455. The van der Waals surface area contributed by atoms with Crippen LogP contribution >= 0.6 is 0 Å². The minimum Gasteiger partial charge on any atom is -0.494 e. The van der Waals surface area contributed by atoms with Gasteiger partial charge in [-0.15, -0.1) is 0 Å². The Bertz CT molecular complexity index is 1490. The number of nitrogens with one attached hydrogen (secondary N) is 2. The van der Waals surface area contributed by atoms with E-state index in [1.807, 2.05) is 85.8 Å². The van der Waals surface area contributed by atoms with E-state index in [-0.39, 0.29) is 24.0 Å². The summed E-state index contributed by atoms with van der Waals surface area (Å²) >= 11 is 0. The maximum absolute atomic E-state index is 13.4. The first-order valence-corrected chi connectivity index (χ1v) is 12.6. The van der Waals surface area contributed by atoms with Gasteiger partial charge in [-0.3, -0.25) is 9.59 Å². The Morgan fingerprint density at radius 1 is 0.763 bits per heavy atom. The molecular weight excluding hydrogens is 476 g/mol. The highest BCUT2D eigenvalue weighted by Crippen LogP contribution is 2.33. The third kappa shape index (κ3) is 5.60. The molecule has 0 radical (unpaired) electrons. The van der Waals surface area contributed by atoms with Crippen LogP contribution in [0.3, 0.4) is 0 Å². The number of benzene rings is 4. The lowest BCUT2D eigenvalue weighted by Gasteiger charge is -2.18. The number of ether oxygens (including phenoxy) is 1. The number of hydrogen-bond acceptors (Lipinski definition) is 4. The zero-order valence-corrected chi connectivity index (χ0v) is 21.0. The number of anilines is 2. The van der Waals surface area contributed by atoms with Gasteiger partial charge in [0.05, 0.1) is 6.61 Å². The Morgan fingerprint density at radius 2 is 1.37 bits per heavy atom. The number of fused-ring (bicyclic) bond motifs is 1. The van der Waals surface area contributed by atoms with E-state index in [1.54, 1.807) is 30.3 Å². The second-order valence-corrected chi connectivity index (χ2v) is 8.84. The van der Waals surface area contributed by atoms with Gasteiger partial charge in [0.1, 0.15) is 17.0 Å². The van der Waals surface area contributed by atoms with Crippen molar-refractivity contribution in [1.29, 1.82) is 0 Å². The molecule has 4 aromatic carbocycles. The average molecular weight is 505 g/mol. The molecule has 6 nitrogen and oxygen atoms in total. The van der Waals surface area contributed by atoms with E-state index in [4.69, 9.17) is 9.15 Å². The molecule has 1 heterocycles. The Hall–Kier alpha value is -4.84. The molecule has 0 unspecified atom stereocenters. The summed E-state index contributed by atoms with van der Waals surface area (Å²) in [5.74, 6) is -0.0533. The van der Waals surface area contributed by atoms with Crippen LogP contribution in [0, 0.1) is 0 Å². The van der Waals surface area contributed by atoms with Gasteiger partial charge in [0.15, 0.2) is 0 Å². The molecule has 0 atom stereocenters. The highest BCUT2D eigenvalue weighted by Gasteiger charge is 2.24. The number of rotatable bonds is 9. The number of para-hydroxylation sites is 1. The Kier molecular flexibility index (Phi) is 7.50. The van der Waals surface area contributed by atoms with E-state index < -0.39 is 5.91 Å². The quantitative estimate of drug-likeness (QED) is 0.222. The summed E-state index contributed by atoms with van der Waals surface area (Å²) in [6.45, 7) is 2.47. The normalized spacial score (nSPS) is 10.9. The Balaban J connectivity index is 1.41. The SMILES string of the molecule is CCOc1ccc(NC(=O)c2oc3ccccc3c2NC(=O)CC(c2ccccc2)c2ccccc2)cc1. The molecule has 1 aromatic heterocycles. The van der Waals surface area contributed by atoms with Crippen LogP contribution in [0.4, 0.5) is 11.4 Å². The predicted octanol–water partition coefficient (Wildman–Crippen LogP) is 7.24. The van der Waals surface area contributed by atoms with Crippen LogP contribution in [0.2, 0.25) is 0 Å². The fraction of sp³-hybridized carbons (Fsp3) is 0.125. The largest absolute Gasteiger partial charge is 0.494 e. The molecule has 0 aliphatic rings. The molecule has 0 saturated heterocycles. The molecule has 6 heteroatoms. The van der Waals surface area contributed by atoms with E-state index in [1.165, 1.54) is 0 Å². The van der Waals surface area contributed by atoms with Crippen molar-refractivity contribution in [2.45, 2.75) is 19.3 Å². The van der Waals surface area contributed by atoms with Crippen molar-refractivity contribution in [2.24, 2.45) is 0 Å². The van der Waals surface area contributed by atoms with E-state index in [9.17, 15) is 9.59 Å². The van der Waals surface area contributed by atoms with E-state index >= 15 is 0 Å². The van der Waals surface area contributed by atoms with Crippen molar-refractivity contribution in [2.75, 3.05) is 17.2 Å². The zero-order chi connectivity index (χ0) is 26.3. The van der Waals surface area contributed by atoms with Crippen molar-refractivity contribution in [3.05, 3.63) is 126 Å². The number of amides is 2. The molecule has 0 fully saturated rings. The van der Waals surface area contributed by atoms with Gasteiger partial charge in [0, 0.05) is 23.4 Å². The molecule has 5 rings (SSSR count). The van der Waals surface area contributed by atoms with Crippen LogP contribution < -0.4 is 15.4 Å². The van der Waals surface area contributed by atoms with Crippen molar-refractivity contribution < 1.29 is 18.7 Å². The predicted molar refractivity (Wildman–Crippen MR) is 150 cm³/mol. The zero-order valence-electron chi connectivity index (χ0n) is 21.0. The number of carbonyl (C=O) groups is 2. The van der Waals surface area contributed by atoms with E-state index in [0.29, 0.717) is 34.7 Å². The van der Waals surface area contributed by atoms with Gasteiger partial charge in [-0.2, -0.15) is 0 Å². The minimum absolute atomic E-state index is 0.0457. The summed E-state index contributed by atoms with van der Waals surface area (Å²) in [5, 5.41) is 6.50. The molecule has 190 valence electrons. The smallest absolute Gasteiger partial charge is 0.293 e. The van der Waals surface area contributed by atoms with Gasteiger partial charge in [0.2, 0.25) is 11.7 Å². The molecule has 2 amide bonds. The van der Waals surface area contributed by atoms with E-state index in [2.05, 4.69) is 10.6 Å². The summed E-state index contributed by atoms with van der Waals surface area (Å²) in [4.78, 5) is 26.7. The van der Waals surface area contributed by atoms with Crippen molar-refractivity contribution in [1.82, 2.24) is 0 Å². The first kappa shape index (κ1) is 24.8. The van der Waals surface area contributed by atoms with Gasteiger partial charge in [-0.05, 0) is 54.4 Å². The van der Waals surface area contributed by atoms with Crippen LogP contribution in [-0.4, -0.2) is 18.4 Å². The lowest BCUT2D eigenvalue weighted by Crippen LogP contribution is -2.19. The van der Waals surface area contributed by atoms with Crippen LogP contribution in [0.15, 0.2) is 114 Å². The fourth-order valence-electron chi connectivity index (χ4n) is 4.49. The molecule has 2 N–H and O–H groups in total. The first-order chi connectivity index (χ1) is 18.6. The van der Waals surface area contributed by atoms with E-state index in [0.717, 1.165) is 11.1 Å².